The van der Waals surface area contributed by atoms with Crippen molar-refractivity contribution in [2.45, 2.75) is 11.6 Å². The van der Waals surface area contributed by atoms with Crippen LogP contribution >= 0.6 is 11.8 Å². The molecule has 106 valence electrons. The normalized spacial score (nSPS) is 10.7. The third-order valence-electron chi connectivity index (χ3n) is 2.46. The smallest absolute Gasteiger partial charge is 0.313 e. The molecule has 0 bridgehead atoms. The zero-order valence-electron chi connectivity index (χ0n) is 10.1. The molecule has 2 aromatic rings. The molecule has 0 aliphatic rings. The number of benzene rings is 1. The zero-order chi connectivity index (χ0) is 14.7. The summed E-state index contributed by atoms with van der Waals surface area (Å²) in [6.45, 7) is 0. The molecule has 0 amide bonds. The highest BCUT2D eigenvalue weighted by Gasteiger charge is 2.16. The first kappa shape index (κ1) is 14.3. The van der Waals surface area contributed by atoms with E-state index in [9.17, 15) is 13.6 Å². The Labute approximate surface area is 116 Å². The molecule has 0 aliphatic carbocycles. The van der Waals surface area contributed by atoms with Crippen LogP contribution in [0.3, 0.4) is 0 Å². The second-order valence-corrected chi connectivity index (χ2v) is 4.77. The van der Waals surface area contributed by atoms with Gasteiger partial charge in [0.2, 0.25) is 5.16 Å². The predicted molar refractivity (Wildman–Crippen MR) is 67.7 cm³/mol. The molecule has 0 radical (unpaired) electrons. The number of halogens is 2. The van der Waals surface area contributed by atoms with E-state index in [1.165, 1.54) is 6.07 Å². The Balaban J connectivity index is 2.20. The molecule has 0 unspecified atom stereocenters. The molecule has 0 atom stereocenters. The summed E-state index contributed by atoms with van der Waals surface area (Å²) >= 11 is 0.872. The molecule has 0 spiro atoms. The summed E-state index contributed by atoms with van der Waals surface area (Å²) < 4.78 is 28.0. The van der Waals surface area contributed by atoms with Gasteiger partial charge in [0.05, 0.1) is 5.75 Å². The summed E-state index contributed by atoms with van der Waals surface area (Å²) in [6, 6.07) is 3.53. The van der Waals surface area contributed by atoms with Gasteiger partial charge in [-0.15, -0.1) is 10.2 Å². The predicted octanol–water partition coefficient (Wildman–Crippen LogP) is 1.04. The fourth-order valence-electron chi connectivity index (χ4n) is 1.51. The molecule has 20 heavy (non-hydrogen) atoms. The summed E-state index contributed by atoms with van der Waals surface area (Å²) in [7, 11) is 0. The maximum atomic E-state index is 13.5. The van der Waals surface area contributed by atoms with Gasteiger partial charge in [-0.05, 0) is 12.1 Å². The van der Waals surface area contributed by atoms with Crippen LogP contribution in [0.4, 0.5) is 8.78 Å². The van der Waals surface area contributed by atoms with E-state index in [2.05, 4.69) is 10.2 Å². The van der Waals surface area contributed by atoms with Gasteiger partial charge in [0, 0.05) is 12.0 Å². The van der Waals surface area contributed by atoms with Crippen LogP contribution in [0.25, 0.3) is 0 Å². The topological polar surface area (TPSA) is 94.0 Å². The van der Waals surface area contributed by atoms with Crippen LogP contribution in [0.15, 0.2) is 23.4 Å². The SMILES string of the molecule is Nn1c(Cc2c(F)cccc2F)nnc1SCC(=O)O. The lowest BCUT2D eigenvalue weighted by molar-refractivity contribution is -0.133. The average Bonchev–Trinajstić information content (AvgIpc) is 2.73. The van der Waals surface area contributed by atoms with Gasteiger partial charge in [-0.3, -0.25) is 4.79 Å². The van der Waals surface area contributed by atoms with Crippen LogP contribution in [-0.4, -0.2) is 31.7 Å². The third kappa shape index (κ3) is 3.05. The molecule has 1 aromatic carbocycles. The van der Waals surface area contributed by atoms with Gasteiger partial charge < -0.3 is 10.9 Å². The maximum absolute atomic E-state index is 13.5. The van der Waals surface area contributed by atoms with Crippen molar-refractivity contribution in [3.8, 4) is 0 Å². The minimum atomic E-state index is -1.03. The molecule has 2 rings (SSSR count). The molecular formula is C11H10F2N4O2S. The maximum Gasteiger partial charge on any atom is 0.313 e. The Kier molecular flexibility index (Phi) is 4.18. The van der Waals surface area contributed by atoms with E-state index in [4.69, 9.17) is 10.9 Å². The number of carbonyl (C=O) groups is 1. The van der Waals surface area contributed by atoms with Crippen molar-refractivity contribution >= 4 is 17.7 Å². The number of carboxylic acid groups (broad SMARTS) is 1. The molecule has 0 aliphatic heterocycles. The van der Waals surface area contributed by atoms with Crippen molar-refractivity contribution in [1.82, 2.24) is 14.9 Å². The first-order chi connectivity index (χ1) is 9.49. The van der Waals surface area contributed by atoms with Crippen molar-refractivity contribution < 1.29 is 18.7 Å². The van der Waals surface area contributed by atoms with Crippen molar-refractivity contribution in [2.24, 2.45) is 0 Å². The van der Waals surface area contributed by atoms with Crippen molar-refractivity contribution in [2.75, 3.05) is 11.6 Å². The molecule has 1 aromatic heterocycles. The van der Waals surface area contributed by atoms with Crippen LogP contribution in [0.5, 0.6) is 0 Å². The van der Waals surface area contributed by atoms with Crippen molar-refractivity contribution in [1.29, 1.82) is 0 Å². The lowest BCUT2D eigenvalue weighted by atomic mass is 10.1. The van der Waals surface area contributed by atoms with Crippen LogP contribution < -0.4 is 5.84 Å². The number of aromatic nitrogens is 3. The Morgan fingerprint density at radius 3 is 2.60 bits per heavy atom. The second-order valence-electron chi connectivity index (χ2n) is 3.83. The zero-order valence-corrected chi connectivity index (χ0v) is 10.9. The molecule has 3 N–H and O–H groups in total. The van der Waals surface area contributed by atoms with Gasteiger partial charge in [0.15, 0.2) is 5.82 Å². The number of aliphatic carboxylic acids is 1. The lowest BCUT2D eigenvalue weighted by Gasteiger charge is -2.05. The highest BCUT2D eigenvalue weighted by Crippen LogP contribution is 2.19. The Bertz CT molecular complexity index is 627. The number of nitrogen functional groups attached to an aromatic ring is 1. The largest absolute Gasteiger partial charge is 0.481 e. The first-order valence-corrected chi connectivity index (χ1v) is 6.44. The van der Waals surface area contributed by atoms with Crippen LogP contribution in [-0.2, 0) is 11.2 Å². The Hall–Kier alpha value is -2.16. The quantitative estimate of drug-likeness (QED) is 0.633. The highest BCUT2D eigenvalue weighted by atomic mass is 32.2. The number of hydrogen-bond donors (Lipinski definition) is 2. The van der Waals surface area contributed by atoms with Crippen LogP contribution in [0, 0.1) is 11.6 Å². The van der Waals surface area contributed by atoms with E-state index >= 15 is 0 Å². The highest BCUT2D eigenvalue weighted by molar-refractivity contribution is 7.99. The van der Waals surface area contributed by atoms with Gasteiger partial charge in [0.25, 0.3) is 0 Å². The van der Waals surface area contributed by atoms with E-state index in [0.717, 1.165) is 28.6 Å². The third-order valence-corrected chi connectivity index (χ3v) is 3.38. The number of nitrogens with zero attached hydrogens (tertiary/aromatic N) is 3. The van der Waals surface area contributed by atoms with Gasteiger partial charge in [-0.1, -0.05) is 17.8 Å². The van der Waals surface area contributed by atoms with E-state index < -0.39 is 17.6 Å². The summed E-state index contributed by atoms with van der Waals surface area (Å²) in [5.74, 6) is 3.15. The standard InChI is InChI=1S/C11H10F2N4O2S/c12-7-2-1-3-8(13)6(7)4-9-15-16-11(17(9)14)20-5-10(18)19/h1-3H,4-5,14H2,(H,18,19). The minimum absolute atomic E-state index is 0.141. The number of hydrogen-bond acceptors (Lipinski definition) is 5. The first-order valence-electron chi connectivity index (χ1n) is 5.46. The molecule has 9 heteroatoms. The van der Waals surface area contributed by atoms with Gasteiger partial charge in [0.1, 0.15) is 11.6 Å². The molecule has 0 saturated carbocycles. The van der Waals surface area contributed by atoms with E-state index in [-0.39, 0.29) is 28.7 Å². The fraction of sp³-hybridized carbons (Fsp3) is 0.182. The van der Waals surface area contributed by atoms with E-state index in [1.807, 2.05) is 0 Å². The lowest BCUT2D eigenvalue weighted by Crippen LogP contribution is -2.15. The molecule has 0 saturated heterocycles. The molecule has 0 fully saturated rings. The number of nitrogens with two attached hydrogens (primary N) is 1. The van der Waals surface area contributed by atoms with E-state index in [0.29, 0.717) is 0 Å². The fourth-order valence-corrected chi connectivity index (χ4v) is 2.11. The van der Waals surface area contributed by atoms with Gasteiger partial charge in [-0.2, -0.15) is 0 Å². The molecular weight excluding hydrogens is 290 g/mol. The van der Waals surface area contributed by atoms with Crippen LogP contribution in [0.1, 0.15) is 11.4 Å². The monoisotopic (exact) mass is 300 g/mol. The summed E-state index contributed by atoms with van der Waals surface area (Å²) in [5.41, 5.74) is -0.165. The summed E-state index contributed by atoms with van der Waals surface area (Å²) in [6.07, 6.45) is -0.171. The number of rotatable bonds is 5. The summed E-state index contributed by atoms with van der Waals surface area (Å²) in [5, 5.41) is 16.1. The van der Waals surface area contributed by atoms with Crippen molar-refractivity contribution in [3.63, 3.8) is 0 Å². The van der Waals surface area contributed by atoms with Gasteiger partial charge in [-0.25, -0.2) is 13.5 Å². The minimum Gasteiger partial charge on any atom is -0.481 e. The Morgan fingerprint density at radius 2 is 2.00 bits per heavy atom. The van der Waals surface area contributed by atoms with E-state index in [1.54, 1.807) is 0 Å². The average molecular weight is 300 g/mol. The van der Waals surface area contributed by atoms with Crippen LogP contribution in [0.2, 0.25) is 0 Å². The Morgan fingerprint density at radius 1 is 1.35 bits per heavy atom. The second kappa shape index (κ2) is 5.87. The number of carboxylic acids is 1. The molecule has 1 heterocycles. The summed E-state index contributed by atoms with van der Waals surface area (Å²) in [4.78, 5) is 10.5. The molecule has 6 nitrogen and oxygen atoms in total. The van der Waals surface area contributed by atoms with Gasteiger partial charge >= 0.3 is 5.97 Å². The number of thioether (sulfide) groups is 1. The van der Waals surface area contributed by atoms with Crippen molar-refractivity contribution in [3.05, 3.63) is 41.2 Å².